The molecule has 4 aromatic rings. The maximum absolute atomic E-state index is 14.5. The predicted octanol–water partition coefficient (Wildman–Crippen LogP) is 4.34. The molecular weight excluding hydrogens is 575 g/mol. The lowest BCUT2D eigenvalue weighted by atomic mass is 10.1. The zero-order valence-corrected chi connectivity index (χ0v) is 26.5. The molecule has 11 nitrogen and oxygen atoms in total. The van der Waals surface area contributed by atoms with E-state index in [9.17, 15) is 14.0 Å². The van der Waals surface area contributed by atoms with E-state index in [0.717, 1.165) is 0 Å². The highest BCUT2D eigenvalue weighted by molar-refractivity contribution is 6.00. The quantitative estimate of drug-likeness (QED) is 0.217. The van der Waals surface area contributed by atoms with Crippen LogP contribution in [0.2, 0.25) is 0 Å². The van der Waals surface area contributed by atoms with E-state index in [1.165, 1.54) is 24.3 Å². The maximum atomic E-state index is 14.5. The lowest BCUT2D eigenvalue weighted by molar-refractivity contribution is -0.539. The number of aromatic nitrogens is 4. The second-order valence-electron chi connectivity index (χ2n) is 11.5. The first-order valence-electron chi connectivity index (χ1n) is 14.3. The molecule has 4 rings (SSSR count). The van der Waals surface area contributed by atoms with Crippen LogP contribution in [0.15, 0.2) is 42.7 Å². The highest BCUT2D eigenvalue weighted by Crippen LogP contribution is 2.28. The van der Waals surface area contributed by atoms with Gasteiger partial charge in [0.25, 0.3) is 0 Å². The van der Waals surface area contributed by atoms with Gasteiger partial charge in [-0.25, -0.2) is 29.1 Å². The van der Waals surface area contributed by atoms with Gasteiger partial charge in [0.2, 0.25) is 5.91 Å². The molecule has 0 saturated heterocycles. The molecule has 2 amide bonds. The third-order valence-corrected chi connectivity index (χ3v) is 6.76. The SMILES string of the molecule is C[NH2+]c1c(C(C)=N)ncnc1-c1cc(C#Cc2cc(C)nc3c(F)cccc23)nc(NC(=O)C(C)N(C)C(=O)OC(C)(C)C)c1. The van der Waals surface area contributed by atoms with E-state index in [2.05, 4.69) is 37.1 Å². The Morgan fingerprint density at radius 2 is 1.87 bits per heavy atom. The fourth-order valence-electron chi connectivity index (χ4n) is 4.47. The van der Waals surface area contributed by atoms with Crippen molar-refractivity contribution in [2.75, 3.05) is 19.4 Å². The Hall–Kier alpha value is -5.28. The molecule has 0 bridgehead atoms. The summed E-state index contributed by atoms with van der Waals surface area (Å²) in [6.07, 6.45) is 0.728. The van der Waals surface area contributed by atoms with E-state index < -0.39 is 29.5 Å². The number of halogens is 1. The number of benzene rings is 1. The summed E-state index contributed by atoms with van der Waals surface area (Å²) >= 11 is 0. The fourth-order valence-corrected chi connectivity index (χ4v) is 4.47. The first-order valence-corrected chi connectivity index (χ1v) is 14.3. The largest absolute Gasteiger partial charge is 0.444 e. The number of para-hydroxylation sites is 1. The first-order chi connectivity index (χ1) is 21.2. The van der Waals surface area contributed by atoms with Crippen LogP contribution < -0.4 is 10.6 Å². The molecule has 3 heterocycles. The number of fused-ring (bicyclic) bond motifs is 1. The average molecular weight is 612 g/mol. The van der Waals surface area contributed by atoms with E-state index in [-0.39, 0.29) is 17.0 Å². The third-order valence-electron chi connectivity index (χ3n) is 6.76. The van der Waals surface area contributed by atoms with Crippen molar-refractivity contribution in [3.63, 3.8) is 0 Å². The Labute approximate surface area is 261 Å². The highest BCUT2D eigenvalue weighted by atomic mass is 19.1. The molecule has 0 aliphatic rings. The number of hydrogen-bond donors (Lipinski definition) is 3. The number of hydrogen-bond acceptors (Lipinski definition) is 8. The second kappa shape index (κ2) is 13.2. The number of nitrogens with two attached hydrogens (primary N) is 1. The second-order valence-corrected chi connectivity index (χ2v) is 11.5. The molecule has 1 atom stereocenters. The van der Waals surface area contributed by atoms with E-state index in [4.69, 9.17) is 10.1 Å². The van der Waals surface area contributed by atoms with Crippen LogP contribution in [0.5, 0.6) is 0 Å². The van der Waals surface area contributed by atoms with Gasteiger partial charge in [-0.2, -0.15) is 0 Å². The van der Waals surface area contributed by atoms with Gasteiger partial charge < -0.3 is 20.8 Å². The van der Waals surface area contributed by atoms with Gasteiger partial charge in [-0.05, 0) is 71.7 Å². The molecule has 1 aromatic carbocycles. The number of quaternary nitrogens is 1. The maximum Gasteiger partial charge on any atom is 0.410 e. The number of carbonyl (C=O) groups is 2. The fraction of sp³-hybridized carbons (Fsp3) is 0.303. The topological polar surface area (TPSA) is 151 Å². The molecule has 1 unspecified atom stereocenters. The van der Waals surface area contributed by atoms with Crippen LogP contribution in [0.25, 0.3) is 22.2 Å². The lowest BCUT2D eigenvalue weighted by Crippen LogP contribution is -2.73. The summed E-state index contributed by atoms with van der Waals surface area (Å²) in [5.74, 6) is 5.36. The summed E-state index contributed by atoms with van der Waals surface area (Å²) < 4.78 is 19.9. The lowest BCUT2D eigenvalue weighted by Gasteiger charge is -2.28. The Morgan fingerprint density at radius 1 is 1.13 bits per heavy atom. The molecule has 12 heteroatoms. The summed E-state index contributed by atoms with van der Waals surface area (Å²) in [4.78, 5) is 44.7. The van der Waals surface area contributed by atoms with Crippen molar-refractivity contribution >= 4 is 40.1 Å². The minimum atomic E-state index is -0.897. The van der Waals surface area contributed by atoms with Gasteiger partial charge in [0.05, 0.1) is 12.8 Å². The number of carbonyl (C=O) groups excluding carboxylic acids is 2. The Kier molecular flexibility index (Phi) is 9.54. The number of nitrogens with one attached hydrogen (secondary N) is 2. The van der Waals surface area contributed by atoms with Crippen molar-refractivity contribution in [3.8, 4) is 23.1 Å². The van der Waals surface area contributed by atoms with Crippen LogP contribution in [-0.4, -0.2) is 68.3 Å². The molecule has 0 spiro atoms. The number of aryl methyl sites for hydroxylation is 1. The number of likely N-dealkylation sites (N-methyl/N-ethyl adjacent to an activating group) is 1. The zero-order chi connectivity index (χ0) is 33.1. The Morgan fingerprint density at radius 3 is 2.53 bits per heavy atom. The van der Waals surface area contributed by atoms with Gasteiger partial charge in [-0.1, -0.05) is 18.1 Å². The monoisotopic (exact) mass is 611 g/mol. The number of nitrogens with zero attached hydrogens (tertiary/aromatic N) is 5. The van der Waals surface area contributed by atoms with E-state index >= 15 is 0 Å². The van der Waals surface area contributed by atoms with Gasteiger partial charge in [0.15, 0.2) is 5.69 Å². The van der Waals surface area contributed by atoms with Crippen molar-refractivity contribution in [2.24, 2.45) is 0 Å². The van der Waals surface area contributed by atoms with Crippen LogP contribution in [0.4, 0.5) is 20.7 Å². The number of ether oxygens (including phenoxy) is 1. The summed E-state index contributed by atoms with van der Waals surface area (Å²) in [7, 11) is 3.30. The molecule has 232 valence electrons. The number of anilines is 1. The average Bonchev–Trinajstić information content (AvgIpc) is 2.98. The minimum absolute atomic E-state index is 0.168. The van der Waals surface area contributed by atoms with Crippen LogP contribution in [0.3, 0.4) is 0 Å². The van der Waals surface area contributed by atoms with Gasteiger partial charge in [-0.3, -0.25) is 9.69 Å². The molecular formula is C33H36FN8O3+. The molecule has 0 fully saturated rings. The highest BCUT2D eigenvalue weighted by Gasteiger charge is 2.27. The smallest absolute Gasteiger partial charge is 0.410 e. The van der Waals surface area contributed by atoms with Crippen molar-refractivity contribution in [3.05, 3.63) is 71.2 Å². The van der Waals surface area contributed by atoms with E-state index in [1.807, 2.05) is 12.4 Å². The van der Waals surface area contributed by atoms with Crippen LogP contribution in [0.1, 0.15) is 57.3 Å². The first kappa shape index (κ1) is 32.6. The predicted molar refractivity (Wildman–Crippen MR) is 170 cm³/mol. The summed E-state index contributed by atoms with van der Waals surface area (Å²) in [6.45, 7) is 10.2. The Balaban J connectivity index is 1.80. The van der Waals surface area contributed by atoms with Crippen molar-refractivity contribution in [1.29, 1.82) is 5.41 Å². The van der Waals surface area contributed by atoms with Gasteiger partial charge in [0.1, 0.15) is 52.2 Å². The Bertz CT molecular complexity index is 1870. The van der Waals surface area contributed by atoms with Crippen molar-refractivity contribution < 1.29 is 24.0 Å². The minimum Gasteiger partial charge on any atom is -0.444 e. The van der Waals surface area contributed by atoms with Gasteiger partial charge >= 0.3 is 6.09 Å². The van der Waals surface area contributed by atoms with E-state index in [0.29, 0.717) is 45.0 Å². The summed E-state index contributed by atoms with van der Waals surface area (Å²) in [5.41, 5.74) is 3.40. The molecule has 45 heavy (non-hydrogen) atoms. The standard InChI is InChI=1S/C33H35FN8O3/c1-18-14-21(24-10-9-11-25(34)29(24)39-18)12-13-23-15-22(28-30(36-7)27(19(2)35)37-17-38-28)16-26(40-23)41-31(43)20(3)42(8)32(44)45-33(4,5)6/h9-11,14-17,20,35-36H,1-8H3,(H,40,41,43)/p+1. The molecule has 0 aliphatic heterocycles. The van der Waals surface area contributed by atoms with Gasteiger partial charge in [-0.15, -0.1) is 0 Å². The number of pyridine rings is 2. The van der Waals surface area contributed by atoms with Crippen molar-refractivity contribution in [1.82, 2.24) is 24.8 Å². The number of amides is 2. The summed E-state index contributed by atoms with van der Waals surface area (Å²) in [5, 5.41) is 13.3. The van der Waals surface area contributed by atoms with Crippen LogP contribution in [-0.2, 0) is 9.53 Å². The molecule has 3 aromatic heterocycles. The summed E-state index contributed by atoms with van der Waals surface area (Å²) in [6, 6.07) is 8.93. The van der Waals surface area contributed by atoms with E-state index in [1.54, 1.807) is 71.9 Å². The molecule has 0 aliphatic carbocycles. The van der Waals surface area contributed by atoms with Crippen LogP contribution >= 0.6 is 0 Å². The molecule has 0 saturated carbocycles. The van der Waals surface area contributed by atoms with Crippen LogP contribution in [0, 0.1) is 30.0 Å². The number of rotatable bonds is 6. The normalized spacial score (nSPS) is 11.8. The zero-order valence-electron chi connectivity index (χ0n) is 26.5. The van der Waals surface area contributed by atoms with Gasteiger partial charge in [0, 0.05) is 29.3 Å². The third kappa shape index (κ3) is 7.63. The molecule has 4 N–H and O–H groups in total. The molecule has 0 radical (unpaired) electrons. The van der Waals surface area contributed by atoms with Crippen molar-refractivity contribution in [2.45, 2.75) is 53.2 Å².